The van der Waals surface area contributed by atoms with Crippen LogP contribution in [0.2, 0.25) is 0 Å². The van der Waals surface area contributed by atoms with Crippen LogP contribution in [0.1, 0.15) is 31.2 Å². The zero-order valence-electron chi connectivity index (χ0n) is 9.92. The fourth-order valence-electron chi connectivity index (χ4n) is 2.24. The van der Waals surface area contributed by atoms with Crippen molar-refractivity contribution in [1.82, 2.24) is 0 Å². The number of benzene rings is 1. The lowest BCUT2D eigenvalue weighted by atomic mass is 9.82. The molecule has 0 aliphatic heterocycles. The summed E-state index contributed by atoms with van der Waals surface area (Å²) in [5.41, 5.74) is -0.00909. The van der Waals surface area contributed by atoms with Crippen LogP contribution in [0.15, 0.2) is 35.3 Å². The lowest BCUT2D eigenvalue weighted by molar-refractivity contribution is -0.0921. The molecule has 3 nitrogen and oxygen atoms in total. The molecule has 1 saturated carbocycles. The summed E-state index contributed by atoms with van der Waals surface area (Å²) in [7, 11) is 0. The van der Waals surface area contributed by atoms with E-state index in [1.807, 2.05) is 30.3 Å². The molecule has 0 spiro atoms. The number of rotatable bonds is 3. The maximum Gasteiger partial charge on any atom is 0.110 e. The van der Waals surface area contributed by atoms with E-state index in [0.717, 1.165) is 18.4 Å². The minimum absolute atomic E-state index is 0.281. The molecule has 1 aromatic rings. The van der Waals surface area contributed by atoms with Gasteiger partial charge in [0.2, 0.25) is 0 Å². The number of aliphatic hydroxyl groups excluding tert-OH is 1. The standard InChI is InChI=1S/C14H19NO2/c16-13-8-4-5-9-14(13,17)11-15-10-12-6-2-1-3-7-12/h1-3,6-7,10,13,16-17H,4-5,8-9,11H2/t13-,14-/m1/s1. The summed E-state index contributed by atoms with van der Waals surface area (Å²) in [5.74, 6) is 0. The Morgan fingerprint density at radius 2 is 2.06 bits per heavy atom. The Balaban J connectivity index is 1.95. The van der Waals surface area contributed by atoms with Crippen LogP contribution in [0.25, 0.3) is 0 Å². The van der Waals surface area contributed by atoms with Crippen molar-refractivity contribution in [3.8, 4) is 0 Å². The molecular formula is C14H19NO2. The zero-order chi connectivity index (χ0) is 12.1. The first-order chi connectivity index (χ1) is 8.21. The van der Waals surface area contributed by atoms with Gasteiger partial charge in [-0.1, -0.05) is 43.2 Å². The Bertz CT molecular complexity index is 377. The molecule has 0 unspecified atom stereocenters. The van der Waals surface area contributed by atoms with Crippen molar-refractivity contribution in [3.63, 3.8) is 0 Å². The van der Waals surface area contributed by atoms with Gasteiger partial charge in [0, 0.05) is 6.21 Å². The van der Waals surface area contributed by atoms with E-state index in [2.05, 4.69) is 4.99 Å². The van der Waals surface area contributed by atoms with Crippen molar-refractivity contribution in [3.05, 3.63) is 35.9 Å². The summed E-state index contributed by atoms with van der Waals surface area (Å²) in [5, 5.41) is 20.1. The average Bonchev–Trinajstić information content (AvgIpc) is 2.35. The second-order valence-electron chi connectivity index (χ2n) is 4.75. The predicted molar refractivity (Wildman–Crippen MR) is 68.3 cm³/mol. The van der Waals surface area contributed by atoms with E-state index in [4.69, 9.17) is 0 Å². The largest absolute Gasteiger partial charge is 0.390 e. The van der Waals surface area contributed by atoms with Crippen molar-refractivity contribution in [2.24, 2.45) is 4.99 Å². The Morgan fingerprint density at radius 3 is 2.76 bits per heavy atom. The number of aliphatic imine (C=N–C) groups is 1. The lowest BCUT2D eigenvalue weighted by Crippen LogP contribution is -2.47. The molecule has 2 N–H and O–H groups in total. The molecular weight excluding hydrogens is 214 g/mol. The summed E-state index contributed by atoms with van der Waals surface area (Å²) in [6.45, 7) is 0.281. The third-order valence-corrected chi connectivity index (χ3v) is 3.36. The quantitative estimate of drug-likeness (QED) is 0.782. The third-order valence-electron chi connectivity index (χ3n) is 3.36. The molecule has 0 amide bonds. The number of aliphatic hydroxyl groups is 2. The van der Waals surface area contributed by atoms with Crippen LogP contribution in [0.5, 0.6) is 0 Å². The minimum atomic E-state index is -1.02. The Hall–Kier alpha value is -1.19. The van der Waals surface area contributed by atoms with Crippen molar-refractivity contribution in [2.75, 3.05) is 6.54 Å². The van der Waals surface area contributed by atoms with E-state index in [9.17, 15) is 10.2 Å². The number of hydrogen-bond donors (Lipinski definition) is 2. The topological polar surface area (TPSA) is 52.8 Å². The molecule has 17 heavy (non-hydrogen) atoms. The second kappa shape index (κ2) is 5.43. The van der Waals surface area contributed by atoms with Gasteiger partial charge in [-0.2, -0.15) is 0 Å². The molecule has 0 radical (unpaired) electrons. The van der Waals surface area contributed by atoms with Gasteiger partial charge >= 0.3 is 0 Å². The maximum absolute atomic E-state index is 10.3. The molecule has 1 aliphatic carbocycles. The highest BCUT2D eigenvalue weighted by Crippen LogP contribution is 2.28. The van der Waals surface area contributed by atoms with E-state index in [1.54, 1.807) is 6.21 Å². The van der Waals surface area contributed by atoms with Crippen molar-refractivity contribution < 1.29 is 10.2 Å². The van der Waals surface area contributed by atoms with E-state index in [1.165, 1.54) is 0 Å². The predicted octanol–water partition coefficient (Wildman–Crippen LogP) is 1.77. The molecule has 3 heteroatoms. The lowest BCUT2D eigenvalue weighted by Gasteiger charge is -2.35. The molecule has 2 rings (SSSR count). The zero-order valence-corrected chi connectivity index (χ0v) is 9.92. The molecule has 0 aromatic heterocycles. The number of hydrogen-bond acceptors (Lipinski definition) is 3. The molecule has 0 heterocycles. The molecule has 2 atom stereocenters. The Kier molecular flexibility index (Phi) is 3.92. The molecule has 1 aliphatic rings. The van der Waals surface area contributed by atoms with Crippen LogP contribution in [-0.4, -0.2) is 34.7 Å². The van der Waals surface area contributed by atoms with Gasteiger partial charge in [0.25, 0.3) is 0 Å². The summed E-state index contributed by atoms with van der Waals surface area (Å²) in [4.78, 5) is 4.25. The highest BCUT2D eigenvalue weighted by molar-refractivity contribution is 5.79. The molecule has 1 aromatic carbocycles. The van der Waals surface area contributed by atoms with E-state index in [0.29, 0.717) is 12.8 Å². The Labute approximate surface area is 102 Å². The Morgan fingerprint density at radius 1 is 1.29 bits per heavy atom. The third kappa shape index (κ3) is 3.14. The van der Waals surface area contributed by atoms with Crippen LogP contribution in [-0.2, 0) is 0 Å². The monoisotopic (exact) mass is 233 g/mol. The van der Waals surface area contributed by atoms with Gasteiger partial charge in [-0.15, -0.1) is 0 Å². The molecule has 0 saturated heterocycles. The van der Waals surface area contributed by atoms with Crippen LogP contribution < -0.4 is 0 Å². The summed E-state index contributed by atoms with van der Waals surface area (Å²) in [6, 6.07) is 9.78. The van der Waals surface area contributed by atoms with Crippen LogP contribution in [0.3, 0.4) is 0 Å². The molecule has 0 bridgehead atoms. The minimum Gasteiger partial charge on any atom is -0.390 e. The van der Waals surface area contributed by atoms with Crippen LogP contribution in [0, 0.1) is 0 Å². The van der Waals surface area contributed by atoms with E-state index >= 15 is 0 Å². The molecule has 1 fully saturated rings. The van der Waals surface area contributed by atoms with Gasteiger partial charge < -0.3 is 10.2 Å². The normalized spacial score (nSPS) is 29.6. The van der Waals surface area contributed by atoms with Gasteiger partial charge in [0.15, 0.2) is 0 Å². The number of nitrogens with zero attached hydrogens (tertiary/aromatic N) is 1. The van der Waals surface area contributed by atoms with Gasteiger partial charge in [0.1, 0.15) is 5.60 Å². The van der Waals surface area contributed by atoms with Crippen molar-refractivity contribution in [1.29, 1.82) is 0 Å². The van der Waals surface area contributed by atoms with Crippen LogP contribution in [0.4, 0.5) is 0 Å². The maximum atomic E-state index is 10.3. The summed E-state index contributed by atoms with van der Waals surface area (Å²) >= 11 is 0. The first-order valence-corrected chi connectivity index (χ1v) is 6.16. The molecule has 92 valence electrons. The van der Waals surface area contributed by atoms with E-state index in [-0.39, 0.29) is 6.54 Å². The summed E-state index contributed by atoms with van der Waals surface area (Å²) in [6.07, 6.45) is 4.39. The smallest absolute Gasteiger partial charge is 0.110 e. The first-order valence-electron chi connectivity index (χ1n) is 6.16. The van der Waals surface area contributed by atoms with Crippen molar-refractivity contribution in [2.45, 2.75) is 37.4 Å². The van der Waals surface area contributed by atoms with Crippen molar-refractivity contribution >= 4 is 6.21 Å². The second-order valence-corrected chi connectivity index (χ2v) is 4.75. The summed E-state index contributed by atoms with van der Waals surface area (Å²) < 4.78 is 0. The highest BCUT2D eigenvalue weighted by atomic mass is 16.3. The fraction of sp³-hybridized carbons (Fsp3) is 0.500. The average molecular weight is 233 g/mol. The first kappa shape index (κ1) is 12.3. The fourth-order valence-corrected chi connectivity index (χ4v) is 2.24. The van der Waals surface area contributed by atoms with Gasteiger partial charge in [-0.3, -0.25) is 4.99 Å². The SMILES string of the molecule is O[C@@H]1CCCC[C@@]1(O)CN=Cc1ccccc1. The van der Waals surface area contributed by atoms with Gasteiger partial charge in [-0.05, 0) is 18.4 Å². The van der Waals surface area contributed by atoms with Gasteiger partial charge in [0.05, 0.1) is 12.6 Å². The van der Waals surface area contributed by atoms with E-state index < -0.39 is 11.7 Å². The van der Waals surface area contributed by atoms with Crippen LogP contribution >= 0.6 is 0 Å². The highest BCUT2D eigenvalue weighted by Gasteiger charge is 2.37. The van der Waals surface area contributed by atoms with Gasteiger partial charge in [-0.25, -0.2) is 0 Å².